The van der Waals surface area contributed by atoms with Gasteiger partial charge in [-0.05, 0) is 36.7 Å². The van der Waals surface area contributed by atoms with E-state index >= 15 is 0 Å². The van der Waals surface area contributed by atoms with Gasteiger partial charge in [-0.3, -0.25) is 4.79 Å². The van der Waals surface area contributed by atoms with Gasteiger partial charge in [0.15, 0.2) is 5.69 Å². The fourth-order valence-electron chi connectivity index (χ4n) is 5.08. The molecule has 5 rings (SSSR count). The Balaban J connectivity index is 1.55. The zero-order chi connectivity index (χ0) is 22.6. The number of hydrogen-bond donors (Lipinski definition) is 0. The minimum Gasteiger partial charge on any atom is -0.469 e. The van der Waals surface area contributed by atoms with Crippen LogP contribution in [0.5, 0.6) is 0 Å². The molecule has 1 aromatic carbocycles. The molecule has 2 aromatic rings. The molecule has 1 unspecified atom stereocenters. The summed E-state index contributed by atoms with van der Waals surface area (Å²) < 4.78 is 47.4. The van der Waals surface area contributed by atoms with Crippen LogP contribution in [0.1, 0.15) is 25.5 Å². The Morgan fingerprint density at radius 2 is 1.84 bits per heavy atom. The second kappa shape index (κ2) is 7.64. The van der Waals surface area contributed by atoms with Gasteiger partial charge in [0, 0.05) is 32.1 Å². The minimum atomic E-state index is -4.61. The van der Waals surface area contributed by atoms with Gasteiger partial charge in [-0.15, -0.1) is 0 Å². The second-order valence-electron chi connectivity index (χ2n) is 8.94. The Morgan fingerprint density at radius 1 is 1.16 bits per heavy atom. The molecular weight excluding hydrogens is 421 g/mol. The van der Waals surface area contributed by atoms with Crippen LogP contribution in [0.4, 0.5) is 24.9 Å². The molecule has 170 valence electrons. The normalized spacial score (nSPS) is 26.5. The Labute approximate surface area is 184 Å². The van der Waals surface area contributed by atoms with E-state index in [-0.39, 0.29) is 41.3 Å². The predicted octanol–water partition coefficient (Wildman–Crippen LogP) is 4.01. The van der Waals surface area contributed by atoms with Gasteiger partial charge >= 0.3 is 12.1 Å². The fraction of sp³-hybridized carbons (Fsp3) is 0.522. The van der Waals surface area contributed by atoms with Gasteiger partial charge in [0.2, 0.25) is 5.95 Å². The molecule has 9 heteroatoms. The summed E-state index contributed by atoms with van der Waals surface area (Å²) in [5.41, 5.74) is -0.417. The van der Waals surface area contributed by atoms with Gasteiger partial charge in [-0.25, -0.2) is 4.98 Å². The molecule has 3 heterocycles. The average Bonchev–Trinajstić information content (AvgIpc) is 3.19. The second-order valence-corrected chi connectivity index (χ2v) is 8.94. The Hall–Kier alpha value is -2.84. The maximum atomic E-state index is 14.2. The van der Waals surface area contributed by atoms with Gasteiger partial charge in [-0.1, -0.05) is 30.3 Å². The van der Waals surface area contributed by atoms with Gasteiger partial charge in [0.1, 0.15) is 5.82 Å². The summed E-state index contributed by atoms with van der Waals surface area (Å²) >= 11 is 0. The number of esters is 1. The van der Waals surface area contributed by atoms with Crippen LogP contribution in [0.3, 0.4) is 0 Å². The number of alkyl halides is 3. The molecule has 1 saturated carbocycles. The third-order valence-electron chi connectivity index (χ3n) is 7.09. The number of carbonyl (C=O) groups excluding carboxylic acids is 1. The topological polar surface area (TPSA) is 58.6 Å². The number of piperidine rings is 1. The van der Waals surface area contributed by atoms with Crippen LogP contribution in [0, 0.1) is 17.8 Å². The molecule has 4 atom stereocenters. The van der Waals surface area contributed by atoms with Crippen LogP contribution in [0.2, 0.25) is 0 Å². The molecule has 2 aliphatic heterocycles. The molecule has 1 aromatic heterocycles. The number of halogens is 3. The fourth-order valence-corrected chi connectivity index (χ4v) is 5.08. The summed E-state index contributed by atoms with van der Waals surface area (Å²) in [5.74, 6) is 1.00. The number of fused-ring (bicyclic) bond motifs is 1. The van der Waals surface area contributed by atoms with E-state index in [0.717, 1.165) is 6.42 Å². The highest BCUT2D eigenvalue weighted by molar-refractivity contribution is 5.80. The summed E-state index contributed by atoms with van der Waals surface area (Å²) in [5, 5.41) is 0. The predicted molar refractivity (Wildman–Crippen MR) is 113 cm³/mol. The number of nitrogens with zero attached hydrogens (tertiary/aromatic N) is 4. The number of benzene rings is 1. The summed E-state index contributed by atoms with van der Waals surface area (Å²) in [6, 6.07) is 8.66. The van der Waals surface area contributed by atoms with Gasteiger partial charge < -0.3 is 14.5 Å². The van der Waals surface area contributed by atoms with Crippen molar-refractivity contribution in [2.24, 2.45) is 17.8 Å². The molecule has 1 aliphatic carbocycles. The minimum absolute atomic E-state index is 0.0286. The number of ether oxygens (including phenoxy) is 1. The van der Waals surface area contributed by atoms with E-state index in [1.165, 1.54) is 7.11 Å². The van der Waals surface area contributed by atoms with E-state index in [9.17, 15) is 18.0 Å². The lowest BCUT2D eigenvalue weighted by Gasteiger charge is -2.39. The number of aromatic nitrogens is 2. The van der Waals surface area contributed by atoms with Crippen molar-refractivity contribution in [3.63, 3.8) is 0 Å². The summed E-state index contributed by atoms with van der Waals surface area (Å²) in [6.07, 6.45) is -3.34. The molecule has 2 saturated heterocycles. The van der Waals surface area contributed by atoms with Crippen molar-refractivity contribution in [3.05, 3.63) is 36.0 Å². The van der Waals surface area contributed by atoms with Crippen molar-refractivity contribution in [2.45, 2.75) is 32.0 Å². The van der Waals surface area contributed by atoms with E-state index in [4.69, 9.17) is 4.74 Å². The number of rotatable bonds is 5. The smallest absolute Gasteiger partial charge is 0.434 e. The van der Waals surface area contributed by atoms with Crippen LogP contribution in [0.15, 0.2) is 30.3 Å². The molecule has 3 aliphatic rings. The highest BCUT2D eigenvalue weighted by atomic mass is 19.4. The lowest BCUT2D eigenvalue weighted by atomic mass is 10.0. The first-order valence-electron chi connectivity index (χ1n) is 10.9. The number of methoxy groups -OCH3 is 1. The third-order valence-corrected chi connectivity index (χ3v) is 7.09. The largest absolute Gasteiger partial charge is 0.469 e. The molecule has 32 heavy (non-hydrogen) atoms. The van der Waals surface area contributed by atoms with Gasteiger partial charge in [0.25, 0.3) is 0 Å². The standard InChI is InChI=1S/C23H25F3N4O2/c1-13-8-9-30(13)22-27-20(23(24,25)26)19(14-6-4-3-5-7-14)21(28-22)29-11-16-15(17(16)12-29)10-18(31)32-2/h3-7,13,15-17H,8-12H2,1-2H3/t13-,15?,16-,17+/m0/s1. The monoisotopic (exact) mass is 446 g/mol. The first-order chi connectivity index (χ1) is 15.3. The Bertz CT molecular complexity index is 1020. The molecular formula is C23H25F3N4O2. The average molecular weight is 446 g/mol. The lowest BCUT2D eigenvalue weighted by Crippen LogP contribution is -2.47. The van der Waals surface area contributed by atoms with Crippen LogP contribution in [-0.4, -0.2) is 48.7 Å². The maximum Gasteiger partial charge on any atom is 0.434 e. The van der Waals surface area contributed by atoms with E-state index in [1.807, 2.05) is 16.7 Å². The van der Waals surface area contributed by atoms with E-state index in [1.54, 1.807) is 30.3 Å². The summed E-state index contributed by atoms with van der Waals surface area (Å²) in [6.45, 7) is 3.77. The summed E-state index contributed by atoms with van der Waals surface area (Å²) in [7, 11) is 1.37. The zero-order valence-corrected chi connectivity index (χ0v) is 18.0. The summed E-state index contributed by atoms with van der Waals surface area (Å²) in [4.78, 5) is 24.1. The molecule has 3 fully saturated rings. The highest BCUT2D eigenvalue weighted by Gasteiger charge is 2.57. The van der Waals surface area contributed by atoms with E-state index < -0.39 is 11.9 Å². The van der Waals surface area contributed by atoms with Gasteiger partial charge in [-0.2, -0.15) is 18.2 Å². The van der Waals surface area contributed by atoms with Crippen molar-refractivity contribution in [1.82, 2.24) is 9.97 Å². The molecule has 0 amide bonds. The van der Waals surface area contributed by atoms with Crippen LogP contribution < -0.4 is 9.80 Å². The van der Waals surface area contributed by atoms with Crippen molar-refractivity contribution >= 4 is 17.7 Å². The Kier molecular flexibility index (Phi) is 5.02. The van der Waals surface area contributed by atoms with Crippen molar-refractivity contribution in [2.75, 3.05) is 36.5 Å². The van der Waals surface area contributed by atoms with E-state index in [2.05, 4.69) is 9.97 Å². The van der Waals surface area contributed by atoms with Crippen LogP contribution in [0.25, 0.3) is 11.1 Å². The van der Waals surface area contributed by atoms with Crippen molar-refractivity contribution in [1.29, 1.82) is 0 Å². The first kappa shape index (κ1) is 21.0. The third kappa shape index (κ3) is 3.57. The molecule has 0 spiro atoms. The van der Waals surface area contributed by atoms with Crippen molar-refractivity contribution < 1.29 is 22.7 Å². The number of carbonyl (C=O) groups is 1. The quantitative estimate of drug-likeness (QED) is 0.647. The SMILES string of the molecule is COC(=O)CC1[C@H]2CN(c3nc(N4CC[C@@H]4C)nc(C(F)(F)F)c3-c3ccccc3)C[C@@H]12. The van der Waals surface area contributed by atoms with Crippen molar-refractivity contribution in [3.8, 4) is 11.1 Å². The lowest BCUT2D eigenvalue weighted by molar-refractivity contribution is -0.141. The van der Waals surface area contributed by atoms with Crippen LogP contribution >= 0.6 is 0 Å². The molecule has 0 N–H and O–H groups in total. The molecule has 0 bridgehead atoms. The molecule has 0 radical (unpaired) electrons. The first-order valence-corrected chi connectivity index (χ1v) is 10.9. The number of anilines is 2. The maximum absolute atomic E-state index is 14.2. The zero-order valence-electron chi connectivity index (χ0n) is 18.0. The Morgan fingerprint density at radius 3 is 2.38 bits per heavy atom. The van der Waals surface area contributed by atoms with Crippen LogP contribution in [-0.2, 0) is 15.7 Å². The highest BCUT2D eigenvalue weighted by Crippen LogP contribution is 2.55. The number of hydrogen-bond acceptors (Lipinski definition) is 6. The van der Waals surface area contributed by atoms with E-state index in [0.29, 0.717) is 37.4 Å². The van der Waals surface area contributed by atoms with Gasteiger partial charge in [0.05, 0.1) is 12.7 Å². The molecule has 6 nitrogen and oxygen atoms in total.